The molecule has 0 saturated heterocycles. The summed E-state index contributed by atoms with van der Waals surface area (Å²) in [5.74, 6) is -0.403. The lowest BCUT2D eigenvalue weighted by Crippen LogP contribution is -2.20. The first-order chi connectivity index (χ1) is 11.3. The monoisotopic (exact) mass is 331 g/mol. The summed E-state index contributed by atoms with van der Waals surface area (Å²) in [6.07, 6.45) is -0.410. The minimum absolute atomic E-state index is 0.0934. The van der Waals surface area contributed by atoms with Gasteiger partial charge in [0, 0.05) is 12.1 Å². The quantitative estimate of drug-likeness (QED) is 0.744. The van der Waals surface area contributed by atoms with Crippen LogP contribution in [0.25, 0.3) is 0 Å². The molecule has 1 heterocycles. The molecule has 1 atom stereocenters. The van der Waals surface area contributed by atoms with Crippen LogP contribution >= 0.6 is 0 Å². The highest BCUT2D eigenvalue weighted by molar-refractivity contribution is 6.02. The Morgan fingerprint density at radius 1 is 1.00 bits per heavy atom. The highest BCUT2D eigenvalue weighted by Gasteiger charge is 2.30. The van der Waals surface area contributed by atoms with Gasteiger partial charge in [-0.2, -0.15) is 0 Å². The third-order valence-corrected chi connectivity index (χ3v) is 3.25. The summed E-state index contributed by atoms with van der Waals surface area (Å²) in [4.78, 5) is 14.1. The number of carbonyl (C=O) groups is 1. The van der Waals surface area contributed by atoms with Crippen LogP contribution in [0.3, 0.4) is 0 Å². The lowest BCUT2D eigenvalue weighted by molar-refractivity contribution is 0.0845. The number of Topliss-reactive ketones (excluding diaryl/α,β-unsaturated/α-hetero) is 1. The molecule has 0 aromatic heterocycles. The number of ether oxygens (including phenoxy) is 1. The second-order valence-electron chi connectivity index (χ2n) is 6.00. The maximum absolute atomic E-state index is 12.1. The molecule has 2 aromatic rings. The number of ketones is 1. The Morgan fingerprint density at radius 3 is 2.17 bits per heavy atom. The van der Waals surface area contributed by atoms with Gasteiger partial charge in [0.25, 0.3) is 0 Å². The van der Waals surface area contributed by atoms with E-state index in [0.29, 0.717) is 0 Å². The fourth-order valence-electron chi connectivity index (χ4n) is 2.30. The van der Waals surface area contributed by atoms with E-state index in [0.717, 1.165) is 11.6 Å². The van der Waals surface area contributed by atoms with Crippen molar-refractivity contribution in [2.24, 2.45) is 0 Å². The summed E-state index contributed by atoms with van der Waals surface area (Å²) in [7, 11) is 6.00. The highest BCUT2D eigenvalue weighted by Crippen LogP contribution is 2.41. The predicted molar refractivity (Wildman–Crippen MR) is 89.8 cm³/mol. The van der Waals surface area contributed by atoms with Crippen LogP contribution in [-0.4, -0.2) is 47.1 Å². The molecule has 0 fully saturated rings. The number of nitrogens with zero attached hydrogens (tertiary/aromatic N) is 1. The molecule has 1 unspecified atom stereocenters. The van der Waals surface area contributed by atoms with Crippen LogP contribution in [0.2, 0.25) is 0 Å². The molecule has 0 spiro atoms. The van der Waals surface area contributed by atoms with Gasteiger partial charge in [-0.15, -0.1) is 0 Å². The van der Waals surface area contributed by atoms with Crippen molar-refractivity contribution in [3.8, 4) is 23.0 Å². The van der Waals surface area contributed by atoms with E-state index in [1.54, 1.807) is 12.1 Å². The number of hydrogen-bond acceptors (Lipinski definition) is 6. The molecular formula is C18H21NO5. The van der Waals surface area contributed by atoms with Crippen molar-refractivity contribution in [1.29, 1.82) is 0 Å². The van der Waals surface area contributed by atoms with Gasteiger partial charge in [0.2, 0.25) is 0 Å². The molecule has 6 heteroatoms. The van der Waals surface area contributed by atoms with Crippen molar-refractivity contribution in [2.45, 2.75) is 12.5 Å². The fraction of sp³-hybridized carbons (Fsp3) is 0.278. The molecule has 0 radical (unpaired) electrons. The average Bonchev–Trinajstić information content (AvgIpc) is 2.46. The maximum Gasteiger partial charge on any atom is 0.174 e. The first-order valence-corrected chi connectivity index (χ1v) is 7.43. The van der Waals surface area contributed by atoms with Gasteiger partial charge in [-0.1, -0.05) is 12.1 Å². The molecule has 0 bridgehead atoms. The Bertz CT molecular complexity index is 722. The van der Waals surface area contributed by atoms with E-state index in [1.165, 1.54) is 18.2 Å². The number of aromatic hydroxyl groups is 3. The lowest BCUT2D eigenvalue weighted by atomic mass is 9.95. The van der Waals surface area contributed by atoms with E-state index >= 15 is 0 Å². The Morgan fingerprint density at radius 2 is 1.58 bits per heavy atom. The van der Waals surface area contributed by atoms with Crippen LogP contribution in [0.1, 0.15) is 28.4 Å². The van der Waals surface area contributed by atoms with E-state index in [2.05, 4.69) is 0 Å². The summed E-state index contributed by atoms with van der Waals surface area (Å²) in [5, 5.41) is 28.4. The SMILES string of the molecule is CN(C)C.O=C1CC(c2ccc(O)cc2)Oc2cc(O)cc(O)c21. The Balaban J connectivity index is 0.000000471. The third kappa shape index (κ3) is 4.17. The van der Waals surface area contributed by atoms with Crippen molar-refractivity contribution in [1.82, 2.24) is 4.90 Å². The molecule has 3 N–H and O–H groups in total. The maximum atomic E-state index is 12.1. The lowest BCUT2D eigenvalue weighted by Gasteiger charge is -2.26. The van der Waals surface area contributed by atoms with Crippen LogP contribution in [0.5, 0.6) is 23.0 Å². The van der Waals surface area contributed by atoms with Crippen molar-refractivity contribution < 1.29 is 24.9 Å². The summed E-state index contributed by atoms with van der Waals surface area (Å²) < 4.78 is 5.67. The zero-order valence-corrected chi connectivity index (χ0v) is 13.9. The molecule has 128 valence electrons. The predicted octanol–water partition coefficient (Wildman–Crippen LogP) is 2.69. The van der Waals surface area contributed by atoms with Gasteiger partial charge in [0.05, 0.1) is 6.42 Å². The van der Waals surface area contributed by atoms with Crippen molar-refractivity contribution in [3.63, 3.8) is 0 Å². The molecule has 24 heavy (non-hydrogen) atoms. The van der Waals surface area contributed by atoms with E-state index < -0.39 is 6.10 Å². The number of fused-ring (bicyclic) bond motifs is 1. The van der Waals surface area contributed by atoms with Crippen LogP contribution in [0, 0.1) is 0 Å². The van der Waals surface area contributed by atoms with Crippen LogP contribution < -0.4 is 4.74 Å². The molecule has 3 rings (SSSR count). The molecule has 0 saturated carbocycles. The Hall–Kier alpha value is -2.73. The minimum atomic E-state index is -0.503. The van der Waals surface area contributed by atoms with Crippen molar-refractivity contribution in [2.75, 3.05) is 21.1 Å². The van der Waals surface area contributed by atoms with E-state index in [-0.39, 0.29) is 40.8 Å². The average molecular weight is 331 g/mol. The normalized spacial score (nSPS) is 16.0. The van der Waals surface area contributed by atoms with Gasteiger partial charge in [-0.05, 0) is 38.8 Å². The summed E-state index contributed by atoms with van der Waals surface area (Å²) in [5.41, 5.74) is 0.836. The van der Waals surface area contributed by atoms with Crippen LogP contribution in [-0.2, 0) is 0 Å². The zero-order chi connectivity index (χ0) is 17.9. The topological polar surface area (TPSA) is 90.2 Å². The van der Waals surface area contributed by atoms with Crippen LogP contribution in [0.4, 0.5) is 0 Å². The smallest absolute Gasteiger partial charge is 0.174 e. The van der Waals surface area contributed by atoms with E-state index in [1.807, 2.05) is 26.0 Å². The molecule has 0 aliphatic carbocycles. The van der Waals surface area contributed by atoms with Crippen molar-refractivity contribution in [3.05, 3.63) is 47.5 Å². The number of benzene rings is 2. The largest absolute Gasteiger partial charge is 0.508 e. The number of phenolic OH excluding ortho intramolecular Hbond substituents is 3. The first kappa shape index (κ1) is 17.6. The van der Waals surface area contributed by atoms with Crippen molar-refractivity contribution >= 4 is 5.78 Å². The number of hydrogen-bond donors (Lipinski definition) is 3. The second kappa shape index (κ2) is 7.23. The van der Waals surface area contributed by atoms with E-state index in [9.17, 15) is 20.1 Å². The third-order valence-electron chi connectivity index (χ3n) is 3.25. The molecule has 0 amide bonds. The zero-order valence-electron chi connectivity index (χ0n) is 13.9. The molecule has 2 aromatic carbocycles. The standard InChI is InChI=1S/C15H12O5.C3H9N/c16-9-3-1-8(2-4-9)13-7-12(19)15-11(18)5-10(17)6-14(15)20-13;1-4(2)3/h1-6,13,16-18H,7H2;1-3H3. The fourth-order valence-corrected chi connectivity index (χ4v) is 2.30. The van der Waals surface area contributed by atoms with Gasteiger partial charge in [-0.25, -0.2) is 0 Å². The number of rotatable bonds is 1. The number of carbonyl (C=O) groups excluding carboxylic acids is 1. The molecule has 6 nitrogen and oxygen atoms in total. The molecule has 1 aliphatic rings. The molecule has 1 aliphatic heterocycles. The van der Waals surface area contributed by atoms with Gasteiger partial charge in [0.1, 0.15) is 34.7 Å². The van der Waals surface area contributed by atoms with E-state index in [4.69, 9.17) is 4.74 Å². The summed E-state index contributed by atoms with van der Waals surface area (Å²) in [6.45, 7) is 0. The second-order valence-corrected chi connectivity index (χ2v) is 6.00. The van der Waals surface area contributed by atoms with Gasteiger partial charge in [-0.3, -0.25) is 4.79 Å². The Labute approximate surface area is 140 Å². The highest BCUT2D eigenvalue weighted by atomic mass is 16.5. The minimum Gasteiger partial charge on any atom is -0.508 e. The van der Waals surface area contributed by atoms with Gasteiger partial charge >= 0.3 is 0 Å². The summed E-state index contributed by atoms with van der Waals surface area (Å²) >= 11 is 0. The summed E-state index contributed by atoms with van der Waals surface area (Å²) in [6, 6.07) is 8.78. The van der Waals surface area contributed by atoms with Gasteiger partial charge in [0.15, 0.2) is 5.78 Å². The first-order valence-electron chi connectivity index (χ1n) is 7.43. The molecular weight excluding hydrogens is 310 g/mol. The van der Waals surface area contributed by atoms with Gasteiger partial charge < -0.3 is 25.0 Å². The number of phenols is 3. The van der Waals surface area contributed by atoms with Crippen LogP contribution in [0.15, 0.2) is 36.4 Å². The Kier molecular flexibility index (Phi) is 5.31.